The second kappa shape index (κ2) is 5.43. The highest BCUT2D eigenvalue weighted by molar-refractivity contribution is 5.89. The van der Waals surface area contributed by atoms with Crippen molar-refractivity contribution < 1.29 is 14.3 Å². The highest BCUT2D eigenvalue weighted by Gasteiger charge is 2.29. The molecule has 4 nitrogen and oxygen atoms in total. The number of benzene rings is 1. The van der Waals surface area contributed by atoms with E-state index in [9.17, 15) is 9.59 Å². The summed E-state index contributed by atoms with van der Waals surface area (Å²) >= 11 is 0. The first-order valence-corrected chi connectivity index (χ1v) is 6.59. The van der Waals surface area contributed by atoms with Crippen LogP contribution in [-0.2, 0) is 9.59 Å². The summed E-state index contributed by atoms with van der Waals surface area (Å²) in [5, 5.41) is 2.62. The highest BCUT2D eigenvalue weighted by atomic mass is 16.5. The van der Waals surface area contributed by atoms with E-state index in [0.717, 1.165) is 11.1 Å². The fourth-order valence-corrected chi connectivity index (χ4v) is 2.18. The molecule has 1 aliphatic heterocycles. The minimum Gasteiger partial charge on any atom is -0.425 e. The van der Waals surface area contributed by atoms with E-state index in [1.54, 1.807) is 0 Å². The number of carbonyl (C=O) groups excluding carboxylic acids is 2. The normalized spacial score (nSPS) is 18.5. The number of rotatable bonds is 3. The maximum absolute atomic E-state index is 12.0. The molecule has 1 aliphatic rings. The molecule has 0 aromatic heterocycles. The van der Waals surface area contributed by atoms with Gasteiger partial charge in [0, 0.05) is 6.42 Å². The van der Waals surface area contributed by atoms with E-state index in [4.69, 9.17) is 4.74 Å². The van der Waals surface area contributed by atoms with Crippen LogP contribution in [0.4, 0.5) is 0 Å². The van der Waals surface area contributed by atoms with Gasteiger partial charge in [-0.05, 0) is 36.5 Å². The number of ether oxygens (including phenoxy) is 1. The van der Waals surface area contributed by atoms with Gasteiger partial charge in [-0.2, -0.15) is 0 Å². The van der Waals surface area contributed by atoms with Crippen LogP contribution in [0, 0.1) is 6.92 Å². The Labute approximate surface area is 113 Å². The molecule has 4 heteroatoms. The standard InChI is InChI=1S/C15H19NO3/c1-9(2)11-5-4-10(3)8-13(11)19-15(18)12-6-7-14(17)16-12/h4-5,8-9,12H,6-7H2,1-3H3,(H,16,17)/t12-/m0/s1. The van der Waals surface area contributed by atoms with Crippen LogP contribution in [0.2, 0.25) is 0 Å². The Kier molecular flexibility index (Phi) is 3.88. The van der Waals surface area contributed by atoms with Crippen LogP contribution in [0.3, 0.4) is 0 Å². The van der Waals surface area contributed by atoms with Gasteiger partial charge in [-0.1, -0.05) is 26.0 Å². The molecule has 19 heavy (non-hydrogen) atoms. The van der Waals surface area contributed by atoms with Crippen molar-refractivity contribution in [1.29, 1.82) is 0 Å². The third-order valence-electron chi connectivity index (χ3n) is 3.28. The van der Waals surface area contributed by atoms with Crippen LogP contribution in [0.15, 0.2) is 18.2 Å². The molecule has 1 atom stereocenters. The van der Waals surface area contributed by atoms with Gasteiger partial charge in [-0.3, -0.25) is 4.79 Å². The molecular weight excluding hydrogens is 242 g/mol. The Bertz CT molecular complexity index is 508. The van der Waals surface area contributed by atoms with Gasteiger partial charge in [0.25, 0.3) is 0 Å². The van der Waals surface area contributed by atoms with E-state index in [0.29, 0.717) is 18.6 Å². The molecular formula is C15H19NO3. The molecule has 1 N–H and O–H groups in total. The lowest BCUT2D eigenvalue weighted by Gasteiger charge is -2.15. The second-order valence-corrected chi connectivity index (χ2v) is 5.28. The van der Waals surface area contributed by atoms with Gasteiger partial charge in [-0.25, -0.2) is 4.79 Å². The van der Waals surface area contributed by atoms with Gasteiger partial charge in [0.05, 0.1) is 0 Å². The van der Waals surface area contributed by atoms with Crippen LogP contribution in [0.25, 0.3) is 0 Å². The third-order valence-corrected chi connectivity index (χ3v) is 3.28. The summed E-state index contributed by atoms with van der Waals surface area (Å²) < 4.78 is 5.47. The van der Waals surface area contributed by atoms with Crippen LogP contribution < -0.4 is 10.1 Å². The van der Waals surface area contributed by atoms with Crippen LogP contribution in [0.5, 0.6) is 5.75 Å². The molecule has 102 valence electrons. The topological polar surface area (TPSA) is 55.4 Å². The fourth-order valence-electron chi connectivity index (χ4n) is 2.18. The summed E-state index contributed by atoms with van der Waals surface area (Å²) in [5.74, 6) is 0.413. The first kappa shape index (κ1) is 13.6. The Morgan fingerprint density at radius 3 is 2.74 bits per heavy atom. The third kappa shape index (κ3) is 3.13. The van der Waals surface area contributed by atoms with Gasteiger partial charge in [-0.15, -0.1) is 0 Å². The summed E-state index contributed by atoms with van der Waals surface area (Å²) in [6.45, 7) is 6.07. The predicted molar refractivity (Wildman–Crippen MR) is 72.1 cm³/mol. The monoisotopic (exact) mass is 261 g/mol. The quantitative estimate of drug-likeness (QED) is 0.671. The summed E-state index contributed by atoms with van der Waals surface area (Å²) in [4.78, 5) is 23.1. The van der Waals surface area contributed by atoms with E-state index in [1.165, 1.54) is 0 Å². The predicted octanol–water partition coefficient (Wildman–Crippen LogP) is 2.30. The smallest absolute Gasteiger partial charge is 0.334 e. The van der Waals surface area contributed by atoms with Gasteiger partial charge in [0.15, 0.2) is 0 Å². The molecule has 1 amide bonds. The lowest BCUT2D eigenvalue weighted by atomic mass is 10.0. The van der Waals surface area contributed by atoms with E-state index in [2.05, 4.69) is 19.2 Å². The van der Waals surface area contributed by atoms with Crippen molar-refractivity contribution in [1.82, 2.24) is 5.32 Å². The minimum atomic E-state index is -0.506. The van der Waals surface area contributed by atoms with Crippen LogP contribution in [0.1, 0.15) is 43.7 Å². The summed E-state index contributed by atoms with van der Waals surface area (Å²) in [6, 6.07) is 5.34. The van der Waals surface area contributed by atoms with Crippen LogP contribution >= 0.6 is 0 Å². The number of carbonyl (C=O) groups is 2. The van der Waals surface area contributed by atoms with Crippen molar-refractivity contribution in [3.8, 4) is 5.75 Å². The van der Waals surface area contributed by atoms with E-state index < -0.39 is 6.04 Å². The first-order chi connectivity index (χ1) is 8.97. The van der Waals surface area contributed by atoms with Gasteiger partial charge >= 0.3 is 5.97 Å². The number of esters is 1. The highest BCUT2D eigenvalue weighted by Crippen LogP contribution is 2.28. The second-order valence-electron chi connectivity index (χ2n) is 5.28. The minimum absolute atomic E-state index is 0.0877. The molecule has 2 rings (SSSR count). The van der Waals surface area contributed by atoms with E-state index in [-0.39, 0.29) is 17.8 Å². The molecule has 0 unspecified atom stereocenters. The number of hydrogen-bond acceptors (Lipinski definition) is 3. The molecule has 1 fully saturated rings. The Balaban J connectivity index is 2.16. The number of hydrogen-bond donors (Lipinski definition) is 1. The number of nitrogens with one attached hydrogen (secondary N) is 1. The number of amides is 1. The molecule has 0 radical (unpaired) electrons. The van der Waals surface area contributed by atoms with Gasteiger partial charge in [0.2, 0.25) is 5.91 Å². The molecule has 1 heterocycles. The largest absolute Gasteiger partial charge is 0.425 e. The molecule has 0 bridgehead atoms. The molecule has 1 aromatic carbocycles. The zero-order chi connectivity index (χ0) is 14.0. The maximum atomic E-state index is 12.0. The van der Waals surface area contributed by atoms with Gasteiger partial charge < -0.3 is 10.1 Å². The molecule has 0 saturated carbocycles. The van der Waals surface area contributed by atoms with E-state index in [1.807, 2.05) is 25.1 Å². The van der Waals surface area contributed by atoms with Gasteiger partial charge in [0.1, 0.15) is 11.8 Å². The maximum Gasteiger partial charge on any atom is 0.334 e. The van der Waals surface area contributed by atoms with Crippen molar-refractivity contribution in [3.63, 3.8) is 0 Å². The first-order valence-electron chi connectivity index (χ1n) is 6.59. The average molecular weight is 261 g/mol. The zero-order valence-corrected chi connectivity index (χ0v) is 11.5. The van der Waals surface area contributed by atoms with Crippen molar-refractivity contribution in [2.75, 3.05) is 0 Å². The average Bonchev–Trinajstić information content (AvgIpc) is 2.75. The summed E-state index contributed by atoms with van der Waals surface area (Å²) in [5.41, 5.74) is 2.05. The lowest BCUT2D eigenvalue weighted by Crippen LogP contribution is -2.36. The van der Waals surface area contributed by atoms with Crippen molar-refractivity contribution in [2.45, 2.75) is 45.6 Å². The Morgan fingerprint density at radius 2 is 2.16 bits per heavy atom. The molecule has 1 aromatic rings. The number of aryl methyl sites for hydroxylation is 1. The van der Waals surface area contributed by atoms with Crippen molar-refractivity contribution >= 4 is 11.9 Å². The Morgan fingerprint density at radius 1 is 1.42 bits per heavy atom. The zero-order valence-electron chi connectivity index (χ0n) is 11.5. The molecule has 0 spiro atoms. The summed E-state index contributed by atoms with van der Waals surface area (Å²) in [6.07, 6.45) is 0.908. The molecule has 1 saturated heterocycles. The summed E-state index contributed by atoms with van der Waals surface area (Å²) in [7, 11) is 0. The van der Waals surface area contributed by atoms with Crippen molar-refractivity contribution in [2.24, 2.45) is 0 Å². The van der Waals surface area contributed by atoms with Crippen LogP contribution in [-0.4, -0.2) is 17.9 Å². The Hall–Kier alpha value is -1.84. The fraction of sp³-hybridized carbons (Fsp3) is 0.467. The van der Waals surface area contributed by atoms with Crippen molar-refractivity contribution in [3.05, 3.63) is 29.3 Å². The molecule has 0 aliphatic carbocycles. The SMILES string of the molecule is Cc1ccc(C(C)C)c(OC(=O)[C@@H]2CCC(=O)N2)c1. The lowest BCUT2D eigenvalue weighted by molar-refractivity contribution is -0.137. The van der Waals surface area contributed by atoms with E-state index >= 15 is 0 Å².